The van der Waals surface area contributed by atoms with Crippen molar-refractivity contribution in [3.05, 3.63) is 29.5 Å². The maximum atomic E-state index is 11.4. The second kappa shape index (κ2) is 3.77. The van der Waals surface area contributed by atoms with Crippen LogP contribution in [0, 0.1) is 0 Å². The van der Waals surface area contributed by atoms with Crippen LogP contribution in [0.5, 0.6) is 0 Å². The highest BCUT2D eigenvalue weighted by molar-refractivity contribution is 6.13. The molecular weight excluding hydrogens is 208 g/mol. The highest BCUT2D eigenvalue weighted by atomic mass is 16.5. The van der Waals surface area contributed by atoms with E-state index in [1.807, 2.05) is 0 Å². The Bertz CT molecular complexity index is 572. The summed E-state index contributed by atoms with van der Waals surface area (Å²) in [6.45, 7) is 1.45. The number of H-pyrrole nitrogens is 1. The molecule has 0 atom stereocenters. The molecule has 0 fully saturated rings. The lowest BCUT2D eigenvalue weighted by atomic mass is 10.0. The van der Waals surface area contributed by atoms with Crippen LogP contribution in [-0.2, 0) is 4.74 Å². The standard InChI is InChI=1S/C11H10N2O3/c1-6(14)7-4-3-5-8-9(7)10(13-12-8)11(15)16-2/h3-5H,1-2H3,(H,12,13). The number of rotatable bonds is 2. The number of ether oxygens (including phenoxy) is 1. The number of esters is 1. The zero-order valence-corrected chi connectivity index (χ0v) is 8.90. The van der Waals surface area contributed by atoms with Gasteiger partial charge in [0.2, 0.25) is 0 Å². The van der Waals surface area contributed by atoms with Gasteiger partial charge in [-0.2, -0.15) is 5.10 Å². The molecule has 5 heteroatoms. The molecule has 1 heterocycles. The first kappa shape index (κ1) is 10.4. The van der Waals surface area contributed by atoms with E-state index in [-0.39, 0.29) is 11.5 Å². The van der Waals surface area contributed by atoms with E-state index >= 15 is 0 Å². The van der Waals surface area contributed by atoms with Gasteiger partial charge in [0.25, 0.3) is 0 Å². The number of fused-ring (bicyclic) bond motifs is 1. The molecule has 0 saturated carbocycles. The molecule has 0 aliphatic heterocycles. The number of aromatic amines is 1. The lowest BCUT2D eigenvalue weighted by molar-refractivity contribution is 0.0596. The Labute approximate surface area is 91.4 Å². The van der Waals surface area contributed by atoms with Crippen LogP contribution in [0.3, 0.4) is 0 Å². The summed E-state index contributed by atoms with van der Waals surface area (Å²) in [6.07, 6.45) is 0. The summed E-state index contributed by atoms with van der Waals surface area (Å²) in [7, 11) is 1.28. The molecule has 0 radical (unpaired) electrons. The van der Waals surface area contributed by atoms with Crippen molar-refractivity contribution in [2.24, 2.45) is 0 Å². The van der Waals surface area contributed by atoms with E-state index in [1.165, 1.54) is 14.0 Å². The summed E-state index contributed by atoms with van der Waals surface area (Å²) in [5.41, 5.74) is 1.25. The molecule has 82 valence electrons. The van der Waals surface area contributed by atoms with Crippen molar-refractivity contribution in [3.63, 3.8) is 0 Å². The molecule has 16 heavy (non-hydrogen) atoms. The van der Waals surface area contributed by atoms with Crippen molar-refractivity contribution in [2.45, 2.75) is 6.92 Å². The maximum absolute atomic E-state index is 11.4. The molecule has 2 aromatic rings. The molecule has 1 N–H and O–H groups in total. The number of hydrogen-bond acceptors (Lipinski definition) is 4. The van der Waals surface area contributed by atoms with Gasteiger partial charge in [0.15, 0.2) is 11.5 Å². The molecule has 5 nitrogen and oxygen atoms in total. The second-order valence-electron chi connectivity index (χ2n) is 3.35. The minimum Gasteiger partial charge on any atom is -0.464 e. The smallest absolute Gasteiger partial charge is 0.359 e. The zero-order chi connectivity index (χ0) is 11.7. The predicted octanol–water partition coefficient (Wildman–Crippen LogP) is 1.55. The summed E-state index contributed by atoms with van der Waals surface area (Å²) in [5.74, 6) is -0.669. The third-order valence-corrected chi connectivity index (χ3v) is 2.35. The van der Waals surface area contributed by atoms with Crippen molar-refractivity contribution in [3.8, 4) is 0 Å². The van der Waals surface area contributed by atoms with E-state index < -0.39 is 5.97 Å². The van der Waals surface area contributed by atoms with Crippen molar-refractivity contribution in [1.82, 2.24) is 10.2 Å². The SMILES string of the molecule is COC(=O)c1n[nH]c2cccc(C(C)=O)c12. The molecular formula is C11H10N2O3. The lowest BCUT2D eigenvalue weighted by Crippen LogP contribution is -2.04. The fourth-order valence-corrected chi connectivity index (χ4v) is 1.61. The van der Waals surface area contributed by atoms with E-state index in [0.717, 1.165) is 0 Å². The molecule has 0 amide bonds. The monoisotopic (exact) mass is 218 g/mol. The summed E-state index contributed by atoms with van der Waals surface area (Å²) >= 11 is 0. The number of ketones is 1. The molecule has 0 saturated heterocycles. The van der Waals surface area contributed by atoms with Crippen LogP contribution in [0.1, 0.15) is 27.8 Å². The average Bonchev–Trinajstić information content (AvgIpc) is 2.71. The van der Waals surface area contributed by atoms with Crippen LogP contribution in [-0.4, -0.2) is 29.1 Å². The Morgan fingerprint density at radius 2 is 2.12 bits per heavy atom. The topological polar surface area (TPSA) is 72.0 Å². The fraction of sp³-hybridized carbons (Fsp3) is 0.182. The number of hydrogen-bond donors (Lipinski definition) is 1. The fourth-order valence-electron chi connectivity index (χ4n) is 1.61. The first-order valence-electron chi connectivity index (χ1n) is 4.71. The Hall–Kier alpha value is -2.17. The first-order chi connectivity index (χ1) is 7.65. The van der Waals surface area contributed by atoms with Gasteiger partial charge in [0.1, 0.15) is 0 Å². The van der Waals surface area contributed by atoms with Gasteiger partial charge in [-0.3, -0.25) is 9.89 Å². The summed E-state index contributed by atoms with van der Waals surface area (Å²) in [4.78, 5) is 22.9. The van der Waals surface area contributed by atoms with Gasteiger partial charge in [-0.1, -0.05) is 12.1 Å². The Balaban J connectivity index is 2.77. The van der Waals surface area contributed by atoms with E-state index in [9.17, 15) is 9.59 Å². The number of benzene rings is 1. The van der Waals surface area contributed by atoms with Crippen molar-refractivity contribution in [1.29, 1.82) is 0 Å². The lowest BCUT2D eigenvalue weighted by Gasteiger charge is -1.99. The molecule has 1 aromatic carbocycles. The first-order valence-corrected chi connectivity index (χ1v) is 4.71. The van der Waals surface area contributed by atoms with Gasteiger partial charge >= 0.3 is 5.97 Å². The number of nitrogens with zero attached hydrogens (tertiary/aromatic N) is 1. The van der Waals surface area contributed by atoms with Crippen LogP contribution in [0.15, 0.2) is 18.2 Å². The second-order valence-corrected chi connectivity index (χ2v) is 3.35. The van der Waals surface area contributed by atoms with Crippen molar-refractivity contribution >= 4 is 22.7 Å². The summed E-state index contributed by atoms with van der Waals surface area (Å²) < 4.78 is 4.60. The normalized spacial score (nSPS) is 10.4. The highest BCUT2D eigenvalue weighted by Crippen LogP contribution is 2.21. The van der Waals surface area contributed by atoms with Crippen molar-refractivity contribution < 1.29 is 14.3 Å². The Kier molecular flexibility index (Phi) is 2.44. The number of methoxy groups -OCH3 is 1. The van der Waals surface area contributed by atoms with Crippen LogP contribution in [0.4, 0.5) is 0 Å². The van der Waals surface area contributed by atoms with Crippen LogP contribution >= 0.6 is 0 Å². The minimum atomic E-state index is -0.556. The summed E-state index contributed by atoms with van der Waals surface area (Å²) in [6, 6.07) is 5.14. The largest absolute Gasteiger partial charge is 0.464 e. The third-order valence-electron chi connectivity index (χ3n) is 2.35. The third kappa shape index (κ3) is 1.46. The van der Waals surface area contributed by atoms with Crippen LogP contribution in [0.2, 0.25) is 0 Å². The quantitative estimate of drug-likeness (QED) is 0.613. The van der Waals surface area contributed by atoms with Crippen molar-refractivity contribution in [2.75, 3.05) is 7.11 Å². The number of carbonyl (C=O) groups excluding carboxylic acids is 2. The molecule has 0 aliphatic carbocycles. The molecule has 1 aromatic heterocycles. The van der Waals surface area contributed by atoms with Gasteiger partial charge in [0.05, 0.1) is 12.6 Å². The zero-order valence-electron chi connectivity index (χ0n) is 8.90. The predicted molar refractivity (Wildman–Crippen MR) is 57.4 cm³/mol. The average molecular weight is 218 g/mol. The van der Waals surface area contributed by atoms with Gasteiger partial charge in [-0.05, 0) is 13.0 Å². The van der Waals surface area contributed by atoms with Gasteiger partial charge < -0.3 is 4.74 Å². The number of Topliss-reactive ketones (excluding diaryl/α,β-unsaturated/α-hetero) is 1. The van der Waals surface area contributed by atoms with Crippen LogP contribution in [0.25, 0.3) is 10.9 Å². The Morgan fingerprint density at radius 1 is 1.38 bits per heavy atom. The van der Waals surface area contributed by atoms with E-state index in [1.54, 1.807) is 18.2 Å². The van der Waals surface area contributed by atoms with E-state index in [2.05, 4.69) is 14.9 Å². The Morgan fingerprint density at radius 3 is 2.75 bits per heavy atom. The van der Waals surface area contributed by atoms with E-state index in [4.69, 9.17) is 0 Å². The van der Waals surface area contributed by atoms with Gasteiger partial charge in [-0.15, -0.1) is 0 Å². The minimum absolute atomic E-state index is 0.114. The van der Waals surface area contributed by atoms with Gasteiger partial charge in [0, 0.05) is 10.9 Å². The van der Waals surface area contributed by atoms with Gasteiger partial charge in [-0.25, -0.2) is 4.79 Å². The molecule has 0 bridgehead atoms. The number of carbonyl (C=O) groups is 2. The molecule has 0 unspecified atom stereocenters. The van der Waals surface area contributed by atoms with E-state index in [0.29, 0.717) is 16.5 Å². The maximum Gasteiger partial charge on any atom is 0.359 e. The molecule has 2 rings (SSSR count). The molecule has 0 aliphatic rings. The molecule has 0 spiro atoms. The highest BCUT2D eigenvalue weighted by Gasteiger charge is 2.18. The number of aromatic nitrogens is 2. The number of nitrogens with one attached hydrogen (secondary N) is 1. The van der Waals surface area contributed by atoms with Crippen LogP contribution < -0.4 is 0 Å². The summed E-state index contributed by atoms with van der Waals surface area (Å²) in [5, 5.41) is 7.07.